The summed E-state index contributed by atoms with van der Waals surface area (Å²) in [7, 11) is 0. The number of aromatic nitrogens is 3. The molecular formula is C14H20N4. The second-order valence-electron chi connectivity index (χ2n) is 4.67. The van der Waals surface area contributed by atoms with Gasteiger partial charge in [-0.3, -0.25) is 4.98 Å². The standard InChI is InChI=1S/C14H20N4/c1-12(2)18-11-17-10-14(18)9-16-7-5-13-4-3-6-15-8-13/h3-4,6,8,10-12,16H,5,7,9H2,1-2H3. The molecule has 2 rings (SSSR count). The van der Waals surface area contributed by atoms with Crippen LogP contribution in [0.1, 0.15) is 31.1 Å². The Morgan fingerprint density at radius 2 is 2.17 bits per heavy atom. The molecule has 2 aromatic rings. The fourth-order valence-corrected chi connectivity index (χ4v) is 1.93. The van der Waals surface area contributed by atoms with Crippen LogP contribution < -0.4 is 5.32 Å². The average molecular weight is 244 g/mol. The minimum absolute atomic E-state index is 0.461. The highest BCUT2D eigenvalue weighted by molar-refractivity contribution is 5.08. The summed E-state index contributed by atoms with van der Waals surface area (Å²) < 4.78 is 2.19. The van der Waals surface area contributed by atoms with Crippen LogP contribution in [-0.2, 0) is 13.0 Å². The van der Waals surface area contributed by atoms with Crippen LogP contribution in [0.5, 0.6) is 0 Å². The van der Waals surface area contributed by atoms with Gasteiger partial charge >= 0.3 is 0 Å². The van der Waals surface area contributed by atoms with Crippen molar-refractivity contribution < 1.29 is 0 Å². The van der Waals surface area contributed by atoms with Crippen molar-refractivity contribution in [3.63, 3.8) is 0 Å². The van der Waals surface area contributed by atoms with Gasteiger partial charge in [-0.1, -0.05) is 6.07 Å². The van der Waals surface area contributed by atoms with Crippen molar-refractivity contribution in [2.75, 3.05) is 6.54 Å². The zero-order valence-corrected chi connectivity index (χ0v) is 11.0. The lowest BCUT2D eigenvalue weighted by molar-refractivity contribution is 0.551. The number of imidazole rings is 1. The van der Waals surface area contributed by atoms with E-state index in [9.17, 15) is 0 Å². The molecule has 1 N–H and O–H groups in total. The molecule has 0 aromatic carbocycles. The van der Waals surface area contributed by atoms with Crippen LogP contribution in [0, 0.1) is 0 Å². The Labute approximate surface area is 108 Å². The first-order valence-corrected chi connectivity index (χ1v) is 6.37. The molecule has 18 heavy (non-hydrogen) atoms. The number of nitrogens with one attached hydrogen (secondary N) is 1. The van der Waals surface area contributed by atoms with Gasteiger partial charge in [0.25, 0.3) is 0 Å². The minimum atomic E-state index is 0.461. The molecule has 0 atom stereocenters. The topological polar surface area (TPSA) is 42.7 Å². The molecule has 4 heteroatoms. The molecule has 0 spiro atoms. The van der Waals surface area contributed by atoms with Gasteiger partial charge in [0.15, 0.2) is 0 Å². The Balaban J connectivity index is 1.77. The third-order valence-electron chi connectivity index (χ3n) is 2.92. The predicted octanol–water partition coefficient (Wildman–Crippen LogP) is 2.19. The van der Waals surface area contributed by atoms with Crippen molar-refractivity contribution in [3.8, 4) is 0 Å². The Bertz CT molecular complexity index is 462. The molecule has 4 nitrogen and oxygen atoms in total. The fraction of sp³-hybridized carbons (Fsp3) is 0.429. The molecule has 0 saturated heterocycles. The maximum absolute atomic E-state index is 4.19. The molecule has 0 bridgehead atoms. The molecular weight excluding hydrogens is 224 g/mol. The first-order chi connectivity index (χ1) is 8.77. The molecule has 96 valence electrons. The zero-order chi connectivity index (χ0) is 12.8. The van der Waals surface area contributed by atoms with Crippen LogP contribution in [-0.4, -0.2) is 21.1 Å². The normalized spacial score (nSPS) is 11.1. The predicted molar refractivity (Wildman–Crippen MR) is 72.3 cm³/mol. The summed E-state index contributed by atoms with van der Waals surface area (Å²) in [5.41, 5.74) is 2.50. The van der Waals surface area contributed by atoms with E-state index in [0.29, 0.717) is 6.04 Å². The number of rotatable bonds is 6. The van der Waals surface area contributed by atoms with Crippen LogP contribution in [0.2, 0.25) is 0 Å². The highest BCUT2D eigenvalue weighted by Gasteiger charge is 2.04. The first-order valence-electron chi connectivity index (χ1n) is 6.37. The maximum Gasteiger partial charge on any atom is 0.0951 e. The summed E-state index contributed by atoms with van der Waals surface area (Å²) >= 11 is 0. The number of nitrogens with zero attached hydrogens (tertiary/aromatic N) is 3. The summed E-state index contributed by atoms with van der Waals surface area (Å²) in [5, 5.41) is 3.44. The Kier molecular flexibility index (Phi) is 4.47. The van der Waals surface area contributed by atoms with Gasteiger partial charge in [0.1, 0.15) is 0 Å². The van der Waals surface area contributed by atoms with Crippen molar-refractivity contribution in [3.05, 3.63) is 48.3 Å². The third-order valence-corrected chi connectivity index (χ3v) is 2.92. The van der Waals surface area contributed by atoms with E-state index in [1.165, 1.54) is 11.3 Å². The van der Waals surface area contributed by atoms with Gasteiger partial charge in [0.2, 0.25) is 0 Å². The van der Waals surface area contributed by atoms with Gasteiger partial charge in [-0.05, 0) is 38.4 Å². The molecule has 0 amide bonds. The van der Waals surface area contributed by atoms with E-state index in [4.69, 9.17) is 0 Å². The first kappa shape index (κ1) is 12.8. The summed E-state index contributed by atoms with van der Waals surface area (Å²) in [4.78, 5) is 8.30. The zero-order valence-electron chi connectivity index (χ0n) is 11.0. The second kappa shape index (κ2) is 6.31. The van der Waals surface area contributed by atoms with Gasteiger partial charge in [0.05, 0.1) is 12.0 Å². The van der Waals surface area contributed by atoms with Crippen molar-refractivity contribution in [1.82, 2.24) is 19.9 Å². The van der Waals surface area contributed by atoms with E-state index in [1.54, 1.807) is 6.20 Å². The van der Waals surface area contributed by atoms with Gasteiger partial charge in [0, 0.05) is 31.2 Å². The van der Waals surface area contributed by atoms with E-state index in [1.807, 2.05) is 24.8 Å². The molecule has 0 saturated carbocycles. The highest BCUT2D eigenvalue weighted by atomic mass is 15.1. The smallest absolute Gasteiger partial charge is 0.0951 e. The largest absolute Gasteiger partial charge is 0.331 e. The quantitative estimate of drug-likeness (QED) is 0.792. The van der Waals surface area contributed by atoms with Gasteiger partial charge in [-0.2, -0.15) is 0 Å². The van der Waals surface area contributed by atoms with E-state index in [0.717, 1.165) is 19.5 Å². The highest BCUT2D eigenvalue weighted by Crippen LogP contribution is 2.08. The van der Waals surface area contributed by atoms with E-state index < -0.39 is 0 Å². The van der Waals surface area contributed by atoms with Crippen LogP contribution in [0.25, 0.3) is 0 Å². The second-order valence-corrected chi connectivity index (χ2v) is 4.67. The van der Waals surface area contributed by atoms with Gasteiger partial charge < -0.3 is 9.88 Å². The van der Waals surface area contributed by atoms with Gasteiger partial charge in [-0.25, -0.2) is 4.98 Å². The third kappa shape index (κ3) is 3.40. The van der Waals surface area contributed by atoms with Crippen LogP contribution in [0.4, 0.5) is 0 Å². The molecule has 2 heterocycles. The molecule has 0 aliphatic carbocycles. The Morgan fingerprint density at radius 1 is 1.28 bits per heavy atom. The fourth-order valence-electron chi connectivity index (χ4n) is 1.93. The number of hydrogen-bond donors (Lipinski definition) is 1. The van der Waals surface area contributed by atoms with Crippen LogP contribution in [0.15, 0.2) is 37.1 Å². The van der Waals surface area contributed by atoms with Crippen molar-refractivity contribution >= 4 is 0 Å². The summed E-state index contributed by atoms with van der Waals surface area (Å²) in [6.07, 6.45) is 8.54. The molecule has 0 fully saturated rings. The molecule has 0 aliphatic heterocycles. The molecule has 0 aliphatic rings. The van der Waals surface area contributed by atoms with Crippen LogP contribution >= 0.6 is 0 Å². The lowest BCUT2D eigenvalue weighted by Crippen LogP contribution is -2.19. The SMILES string of the molecule is CC(C)n1cncc1CNCCc1cccnc1. The summed E-state index contributed by atoms with van der Waals surface area (Å²) in [5.74, 6) is 0. The lowest BCUT2D eigenvalue weighted by atomic mass is 10.2. The maximum atomic E-state index is 4.19. The van der Waals surface area contributed by atoms with Gasteiger partial charge in [-0.15, -0.1) is 0 Å². The van der Waals surface area contributed by atoms with Crippen molar-refractivity contribution in [1.29, 1.82) is 0 Å². The van der Waals surface area contributed by atoms with Crippen molar-refractivity contribution in [2.24, 2.45) is 0 Å². The summed E-state index contributed by atoms with van der Waals surface area (Å²) in [6, 6.07) is 4.54. The number of hydrogen-bond acceptors (Lipinski definition) is 3. The molecule has 0 unspecified atom stereocenters. The van der Waals surface area contributed by atoms with E-state index in [-0.39, 0.29) is 0 Å². The Morgan fingerprint density at radius 3 is 2.89 bits per heavy atom. The van der Waals surface area contributed by atoms with E-state index >= 15 is 0 Å². The minimum Gasteiger partial charge on any atom is -0.331 e. The number of pyridine rings is 1. The van der Waals surface area contributed by atoms with E-state index in [2.05, 4.69) is 39.8 Å². The summed E-state index contributed by atoms with van der Waals surface area (Å²) in [6.45, 7) is 6.15. The van der Waals surface area contributed by atoms with Crippen LogP contribution in [0.3, 0.4) is 0 Å². The molecule has 0 radical (unpaired) electrons. The molecule has 2 aromatic heterocycles. The lowest BCUT2D eigenvalue weighted by Gasteiger charge is -2.12. The average Bonchev–Trinajstić information content (AvgIpc) is 2.84. The monoisotopic (exact) mass is 244 g/mol. The van der Waals surface area contributed by atoms with Crippen molar-refractivity contribution in [2.45, 2.75) is 32.9 Å². The Hall–Kier alpha value is -1.68.